The van der Waals surface area contributed by atoms with Crippen LogP contribution in [0.25, 0.3) is 87.2 Å². The van der Waals surface area contributed by atoms with Gasteiger partial charge in [0.25, 0.3) is 0 Å². The molecule has 0 saturated heterocycles. The molecule has 266 valence electrons. The minimum Gasteiger partial charge on any atom is -0.311 e. The van der Waals surface area contributed by atoms with E-state index in [0.717, 1.165) is 17.1 Å². The molecule has 0 N–H and O–H groups in total. The Morgan fingerprint density at radius 2 is 0.491 bits per heavy atom. The van der Waals surface area contributed by atoms with E-state index < -0.39 is 0 Å². The molecule has 0 heterocycles. The highest BCUT2D eigenvalue weighted by molar-refractivity contribution is 6.09. The van der Waals surface area contributed by atoms with Gasteiger partial charge >= 0.3 is 0 Å². The van der Waals surface area contributed by atoms with Crippen LogP contribution < -0.4 is 4.90 Å². The smallest absolute Gasteiger partial charge is 0.0462 e. The van der Waals surface area contributed by atoms with Crippen LogP contribution in [0.4, 0.5) is 17.1 Å². The van der Waals surface area contributed by atoms with Gasteiger partial charge in [-0.15, -0.1) is 0 Å². The number of nitrogens with zero attached hydrogens (tertiary/aromatic N) is 1. The predicted octanol–water partition coefficient (Wildman–Crippen LogP) is 15.9. The monoisotopic (exact) mass is 723 g/mol. The fourth-order valence-electron chi connectivity index (χ4n) is 8.61. The molecule has 1 heteroatoms. The topological polar surface area (TPSA) is 3.24 Å². The molecule has 11 rings (SSSR count). The number of hydrogen-bond donors (Lipinski definition) is 0. The lowest BCUT2D eigenvalue weighted by Gasteiger charge is -2.26. The normalized spacial score (nSPS) is 11.5. The van der Waals surface area contributed by atoms with Crippen LogP contribution in [0.1, 0.15) is 0 Å². The summed E-state index contributed by atoms with van der Waals surface area (Å²) in [6.07, 6.45) is 0. The van der Waals surface area contributed by atoms with Crippen LogP contribution in [0.5, 0.6) is 0 Å². The number of rotatable bonds is 6. The molecule has 0 spiro atoms. The third-order valence-electron chi connectivity index (χ3n) is 11.6. The zero-order chi connectivity index (χ0) is 37.7. The molecule has 0 atom stereocenters. The summed E-state index contributed by atoms with van der Waals surface area (Å²) in [5, 5.41) is 12.7. The van der Waals surface area contributed by atoms with Gasteiger partial charge in [0.2, 0.25) is 0 Å². The first-order valence-electron chi connectivity index (χ1n) is 19.7. The molecule has 1 nitrogen and oxygen atoms in total. The first-order valence-corrected chi connectivity index (χ1v) is 19.7. The molecule has 0 unspecified atom stereocenters. The van der Waals surface area contributed by atoms with E-state index in [1.165, 1.54) is 87.2 Å². The Kier molecular flexibility index (Phi) is 7.89. The zero-order valence-corrected chi connectivity index (χ0v) is 31.3. The van der Waals surface area contributed by atoms with Gasteiger partial charge in [0.1, 0.15) is 0 Å². The molecule has 0 aliphatic rings. The summed E-state index contributed by atoms with van der Waals surface area (Å²) < 4.78 is 0. The van der Waals surface area contributed by atoms with Gasteiger partial charge in [0, 0.05) is 17.1 Å². The first-order chi connectivity index (χ1) is 28.2. The van der Waals surface area contributed by atoms with E-state index in [-0.39, 0.29) is 0 Å². The van der Waals surface area contributed by atoms with Gasteiger partial charge in [-0.05, 0) is 142 Å². The maximum Gasteiger partial charge on any atom is 0.0462 e. The molecule has 0 bridgehead atoms. The van der Waals surface area contributed by atoms with Crippen LogP contribution in [0.2, 0.25) is 0 Å². The van der Waals surface area contributed by atoms with E-state index in [0.29, 0.717) is 0 Å². The molecule has 0 aromatic heterocycles. The molecule has 0 fully saturated rings. The molecule has 0 amide bonds. The lowest BCUT2D eigenvalue weighted by Crippen LogP contribution is -2.09. The van der Waals surface area contributed by atoms with Crippen LogP contribution in [0.15, 0.2) is 224 Å². The fraction of sp³-hybridized carbons (Fsp3) is 0. The Bertz CT molecular complexity index is 3100. The van der Waals surface area contributed by atoms with Gasteiger partial charge in [-0.1, -0.05) is 170 Å². The van der Waals surface area contributed by atoms with Crippen molar-refractivity contribution in [1.82, 2.24) is 0 Å². The fourth-order valence-corrected chi connectivity index (χ4v) is 8.61. The lowest BCUT2D eigenvalue weighted by molar-refractivity contribution is 1.28. The van der Waals surface area contributed by atoms with Crippen LogP contribution in [0, 0.1) is 0 Å². The molecule has 0 aliphatic carbocycles. The Labute approximate surface area is 332 Å². The van der Waals surface area contributed by atoms with Crippen LogP contribution >= 0.6 is 0 Å². The Balaban J connectivity index is 0.957. The van der Waals surface area contributed by atoms with Gasteiger partial charge in [0.05, 0.1) is 0 Å². The second kappa shape index (κ2) is 13.7. The van der Waals surface area contributed by atoms with E-state index in [1.54, 1.807) is 0 Å². The molecule has 57 heavy (non-hydrogen) atoms. The Morgan fingerprint density at radius 1 is 0.193 bits per heavy atom. The highest BCUT2D eigenvalue weighted by Crippen LogP contribution is 2.39. The Morgan fingerprint density at radius 3 is 0.947 bits per heavy atom. The molecule has 0 aliphatic heterocycles. The molecule has 0 saturated carbocycles. The van der Waals surface area contributed by atoms with E-state index in [9.17, 15) is 0 Å². The third-order valence-corrected chi connectivity index (χ3v) is 11.6. The molecule has 11 aromatic rings. The van der Waals surface area contributed by atoms with Gasteiger partial charge in [-0.2, -0.15) is 0 Å². The number of hydrogen-bond acceptors (Lipinski definition) is 1. The van der Waals surface area contributed by atoms with Crippen molar-refractivity contribution in [3.63, 3.8) is 0 Å². The summed E-state index contributed by atoms with van der Waals surface area (Å²) in [6, 6.07) is 82.1. The van der Waals surface area contributed by atoms with Crippen molar-refractivity contribution in [2.24, 2.45) is 0 Å². The van der Waals surface area contributed by atoms with E-state index in [4.69, 9.17) is 0 Å². The summed E-state index contributed by atoms with van der Waals surface area (Å²) >= 11 is 0. The van der Waals surface area contributed by atoms with Gasteiger partial charge in [0.15, 0.2) is 0 Å². The standard InChI is InChI=1S/C56H37N/c1-2-10-44-35-45(16-13-38(44)7-1)39-19-27-50(28-20-39)57(51-29-21-40(22-30-51)46-25-33-55-48(36-46)17-14-42-8-3-5-11-53(42)55)52-31-23-41(24-32-52)47-26-34-56-49(37-47)18-15-43-9-4-6-12-54(43)56/h1-37H. The van der Waals surface area contributed by atoms with Crippen molar-refractivity contribution in [1.29, 1.82) is 0 Å². The molecule has 11 aromatic carbocycles. The van der Waals surface area contributed by atoms with Gasteiger partial charge < -0.3 is 4.90 Å². The maximum absolute atomic E-state index is 2.36. The summed E-state index contributed by atoms with van der Waals surface area (Å²) in [5.74, 6) is 0. The highest BCUT2D eigenvalue weighted by Gasteiger charge is 2.15. The summed E-state index contributed by atoms with van der Waals surface area (Å²) in [7, 11) is 0. The molecule has 0 radical (unpaired) electrons. The van der Waals surface area contributed by atoms with E-state index in [2.05, 4.69) is 229 Å². The average Bonchev–Trinajstić information content (AvgIpc) is 3.29. The SMILES string of the molecule is c1ccc2cc(-c3ccc(N(c4ccc(-c5ccc6c(ccc7ccccc76)c5)cc4)c4ccc(-c5ccc6c(ccc7ccccc76)c5)cc4)cc3)ccc2c1. The van der Waals surface area contributed by atoms with E-state index in [1.807, 2.05) is 0 Å². The van der Waals surface area contributed by atoms with Crippen LogP contribution in [-0.4, -0.2) is 0 Å². The quantitative estimate of drug-likeness (QED) is 0.154. The average molecular weight is 724 g/mol. The summed E-state index contributed by atoms with van der Waals surface area (Å²) in [4.78, 5) is 2.36. The van der Waals surface area contributed by atoms with Crippen molar-refractivity contribution in [2.75, 3.05) is 4.90 Å². The summed E-state index contributed by atoms with van der Waals surface area (Å²) in [5.41, 5.74) is 10.5. The zero-order valence-electron chi connectivity index (χ0n) is 31.3. The number of anilines is 3. The molecular weight excluding hydrogens is 687 g/mol. The highest BCUT2D eigenvalue weighted by atomic mass is 15.1. The minimum absolute atomic E-state index is 1.11. The maximum atomic E-state index is 2.36. The first kappa shape index (κ1) is 32.9. The Hall–Kier alpha value is -7.48. The predicted molar refractivity (Wildman–Crippen MR) is 245 cm³/mol. The second-order valence-electron chi connectivity index (χ2n) is 15.0. The van der Waals surface area contributed by atoms with Crippen LogP contribution in [-0.2, 0) is 0 Å². The van der Waals surface area contributed by atoms with Gasteiger partial charge in [-0.3, -0.25) is 0 Å². The van der Waals surface area contributed by atoms with Crippen molar-refractivity contribution in [2.45, 2.75) is 0 Å². The number of benzene rings is 11. The van der Waals surface area contributed by atoms with Crippen molar-refractivity contribution in [3.05, 3.63) is 224 Å². The van der Waals surface area contributed by atoms with Crippen LogP contribution in [0.3, 0.4) is 0 Å². The van der Waals surface area contributed by atoms with Crippen molar-refractivity contribution < 1.29 is 0 Å². The minimum atomic E-state index is 1.11. The second-order valence-corrected chi connectivity index (χ2v) is 15.0. The number of fused-ring (bicyclic) bond motifs is 7. The van der Waals surface area contributed by atoms with Crippen molar-refractivity contribution >= 4 is 70.9 Å². The van der Waals surface area contributed by atoms with Gasteiger partial charge in [-0.25, -0.2) is 0 Å². The lowest BCUT2D eigenvalue weighted by atomic mass is 9.97. The largest absolute Gasteiger partial charge is 0.311 e. The van der Waals surface area contributed by atoms with Crippen molar-refractivity contribution in [3.8, 4) is 33.4 Å². The third kappa shape index (κ3) is 5.98. The molecular formula is C56H37N. The van der Waals surface area contributed by atoms with E-state index >= 15 is 0 Å². The summed E-state index contributed by atoms with van der Waals surface area (Å²) in [6.45, 7) is 0.